The van der Waals surface area contributed by atoms with E-state index in [0.29, 0.717) is 18.1 Å². The lowest BCUT2D eigenvalue weighted by molar-refractivity contribution is 0.384. The Morgan fingerprint density at radius 3 is 2.54 bits per heavy atom. The average molecular weight is 440 g/mol. The Labute approximate surface area is 170 Å². The van der Waals surface area contributed by atoms with Crippen molar-refractivity contribution in [3.63, 3.8) is 0 Å². The van der Waals surface area contributed by atoms with Gasteiger partial charge in [0.2, 0.25) is 15.2 Å². The van der Waals surface area contributed by atoms with Crippen molar-refractivity contribution in [2.75, 3.05) is 31.1 Å². The van der Waals surface area contributed by atoms with Gasteiger partial charge in [-0.3, -0.25) is 4.98 Å². The molecule has 0 radical (unpaired) electrons. The number of rotatable bonds is 4. The molecule has 7 nitrogen and oxygen atoms in total. The zero-order valence-electron chi connectivity index (χ0n) is 14.5. The first-order valence-electron chi connectivity index (χ1n) is 8.40. The van der Waals surface area contributed by atoms with Crippen LogP contribution in [0.4, 0.5) is 9.52 Å². The summed E-state index contributed by atoms with van der Waals surface area (Å²) in [7, 11) is -3.73. The minimum atomic E-state index is -3.73. The van der Waals surface area contributed by atoms with Crippen molar-refractivity contribution >= 4 is 38.1 Å². The molecule has 3 heterocycles. The number of hydrogen-bond donors (Lipinski definition) is 0. The van der Waals surface area contributed by atoms with Crippen LogP contribution in [-0.2, 0) is 10.0 Å². The second-order valence-electron chi connectivity index (χ2n) is 6.07. The molecule has 1 aliphatic rings. The van der Waals surface area contributed by atoms with Crippen molar-refractivity contribution in [3.05, 3.63) is 53.4 Å². The highest BCUT2D eigenvalue weighted by Gasteiger charge is 2.30. The van der Waals surface area contributed by atoms with Crippen LogP contribution in [0.15, 0.2) is 47.5 Å². The van der Waals surface area contributed by atoms with Gasteiger partial charge < -0.3 is 4.90 Å². The molecule has 4 rings (SSSR count). The summed E-state index contributed by atoms with van der Waals surface area (Å²) in [5.41, 5.74) is 0.751. The maximum atomic E-state index is 13.3. The highest BCUT2D eigenvalue weighted by Crippen LogP contribution is 2.29. The Kier molecular flexibility index (Phi) is 5.28. The van der Waals surface area contributed by atoms with Crippen LogP contribution in [0.5, 0.6) is 0 Å². The molecule has 0 amide bonds. The van der Waals surface area contributed by atoms with E-state index < -0.39 is 15.8 Å². The average Bonchev–Trinajstić information content (AvgIpc) is 3.21. The van der Waals surface area contributed by atoms with Gasteiger partial charge in [-0.05, 0) is 30.3 Å². The van der Waals surface area contributed by atoms with Crippen molar-refractivity contribution in [1.29, 1.82) is 0 Å². The lowest BCUT2D eigenvalue weighted by Gasteiger charge is -2.33. The van der Waals surface area contributed by atoms with Crippen molar-refractivity contribution in [2.45, 2.75) is 4.90 Å². The molecule has 28 heavy (non-hydrogen) atoms. The van der Waals surface area contributed by atoms with Crippen LogP contribution < -0.4 is 4.90 Å². The van der Waals surface area contributed by atoms with Crippen molar-refractivity contribution in [3.8, 4) is 10.7 Å². The van der Waals surface area contributed by atoms with Gasteiger partial charge in [-0.15, -0.1) is 10.2 Å². The molecule has 0 N–H and O–H groups in total. The lowest BCUT2D eigenvalue weighted by atomic mass is 10.3. The van der Waals surface area contributed by atoms with Crippen molar-refractivity contribution < 1.29 is 12.8 Å². The Hall–Kier alpha value is -2.14. The molecule has 1 aliphatic heterocycles. The number of pyridine rings is 1. The minimum absolute atomic E-state index is 0.0132. The van der Waals surface area contributed by atoms with E-state index in [2.05, 4.69) is 15.2 Å². The Bertz CT molecular complexity index is 1090. The summed E-state index contributed by atoms with van der Waals surface area (Å²) >= 11 is 7.15. The summed E-state index contributed by atoms with van der Waals surface area (Å²) in [6.45, 7) is 1.53. The van der Waals surface area contributed by atoms with E-state index in [-0.39, 0.29) is 23.0 Å². The summed E-state index contributed by atoms with van der Waals surface area (Å²) in [4.78, 5) is 6.24. The van der Waals surface area contributed by atoms with E-state index in [1.807, 2.05) is 23.1 Å². The molecule has 1 aromatic carbocycles. The van der Waals surface area contributed by atoms with Crippen LogP contribution in [0.1, 0.15) is 0 Å². The fraction of sp³-hybridized carbons (Fsp3) is 0.235. The molecule has 11 heteroatoms. The molecule has 0 bridgehead atoms. The summed E-state index contributed by atoms with van der Waals surface area (Å²) in [6, 6.07) is 9.01. The molecule has 2 aromatic heterocycles. The van der Waals surface area contributed by atoms with Crippen molar-refractivity contribution in [2.24, 2.45) is 0 Å². The maximum Gasteiger partial charge on any atom is 0.243 e. The van der Waals surface area contributed by atoms with Gasteiger partial charge in [-0.2, -0.15) is 4.31 Å². The fourth-order valence-electron chi connectivity index (χ4n) is 2.84. The van der Waals surface area contributed by atoms with Crippen LogP contribution in [0.2, 0.25) is 5.02 Å². The molecule has 3 aromatic rings. The van der Waals surface area contributed by atoms with E-state index in [0.717, 1.165) is 23.0 Å². The summed E-state index contributed by atoms with van der Waals surface area (Å²) in [6.07, 6.45) is 1.70. The molecular weight excluding hydrogens is 425 g/mol. The standard InChI is InChI=1S/C17H15ClFN5O2S2/c18-13-11-12(4-5-14(13)19)28(25,26)24-9-7-23(8-10-24)17-22-21-16(27-17)15-3-1-2-6-20-15/h1-6,11H,7-10H2. The van der Waals surface area contributed by atoms with Gasteiger partial charge in [-0.25, -0.2) is 12.8 Å². The predicted octanol–water partition coefficient (Wildman–Crippen LogP) is 2.90. The first-order chi connectivity index (χ1) is 13.4. The van der Waals surface area contributed by atoms with Gasteiger partial charge in [0.25, 0.3) is 0 Å². The Morgan fingerprint density at radius 2 is 1.86 bits per heavy atom. The smallest absolute Gasteiger partial charge is 0.243 e. The third kappa shape index (κ3) is 3.72. The number of sulfonamides is 1. The molecule has 0 aliphatic carbocycles. The van der Waals surface area contributed by atoms with E-state index in [1.54, 1.807) is 6.20 Å². The molecule has 0 unspecified atom stereocenters. The second kappa shape index (κ2) is 7.70. The zero-order chi connectivity index (χ0) is 19.7. The first kappa shape index (κ1) is 19.2. The first-order valence-corrected chi connectivity index (χ1v) is 11.0. The van der Waals surface area contributed by atoms with Gasteiger partial charge in [0, 0.05) is 32.4 Å². The topological polar surface area (TPSA) is 79.3 Å². The van der Waals surface area contributed by atoms with E-state index >= 15 is 0 Å². The SMILES string of the molecule is O=S(=O)(c1ccc(F)c(Cl)c1)N1CCN(c2nnc(-c3ccccn3)s2)CC1. The largest absolute Gasteiger partial charge is 0.344 e. The van der Waals surface area contributed by atoms with Crippen LogP contribution in [-0.4, -0.2) is 54.1 Å². The molecule has 146 valence electrons. The van der Waals surface area contributed by atoms with Crippen LogP contribution in [0.25, 0.3) is 10.7 Å². The summed E-state index contributed by atoms with van der Waals surface area (Å²) < 4.78 is 40.2. The highest BCUT2D eigenvalue weighted by molar-refractivity contribution is 7.89. The zero-order valence-corrected chi connectivity index (χ0v) is 16.9. The van der Waals surface area contributed by atoms with Crippen LogP contribution in [0.3, 0.4) is 0 Å². The number of halogens is 2. The van der Waals surface area contributed by atoms with Gasteiger partial charge in [0.1, 0.15) is 11.5 Å². The third-order valence-electron chi connectivity index (χ3n) is 4.34. The number of hydrogen-bond acceptors (Lipinski definition) is 7. The molecule has 1 fully saturated rings. The highest BCUT2D eigenvalue weighted by atomic mass is 35.5. The van der Waals surface area contributed by atoms with E-state index in [9.17, 15) is 12.8 Å². The normalized spacial score (nSPS) is 15.7. The summed E-state index contributed by atoms with van der Waals surface area (Å²) in [5, 5.41) is 9.61. The quantitative estimate of drug-likeness (QED) is 0.622. The molecule has 1 saturated heterocycles. The third-order valence-corrected chi connectivity index (χ3v) is 7.53. The summed E-state index contributed by atoms with van der Waals surface area (Å²) in [5.74, 6) is -0.648. The van der Waals surface area contributed by atoms with Gasteiger partial charge in [-0.1, -0.05) is 29.0 Å². The van der Waals surface area contributed by atoms with Gasteiger partial charge in [0.05, 0.1) is 9.92 Å². The van der Waals surface area contributed by atoms with Crippen molar-refractivity contribution in [1.82, 2.24) is 19.5 Å². The number of benzene rings is 1. The van der Waals surface area contributed by atoms with Gasteiger partial charge in [0.15, 0.2) is 5.01 Å². The minimum Gasteiger partial charge on any atom is -0.344 e. The number of nitrogens with zero attached hydrogens (tertiary/aromatic N) is 5. The molecular formula is C17H15ClFN5O2S2. The van der Waals surface area contributed by atoms with Crippen LogP contribution >= 0.6 is 22.9 Å². The predicted molar refractivity (Wildman–Crippen MR) is 106 cm³/mol. The van der Waals surface area contributed by atoms with Crippen LogP contribution in [0, 0.1) is 5.82 Å². The molecule has 0 atom stereocenters. The van der Waals surface area contributed by atoms with E-state index in [1.165, 1.54) is 21.7 Å². The van der Waals surface area contributed by atoms with Gasteiger partial charge >= 0.3 is 0 Å². The fourth-order valence-corrected chi connectivity index (χ4v) is 5.41. The molecule has 0 saturated carbocycles. The Morgan fingerprint density at radius 1 is 1.07 bits per heavy atom. The number of piperazine rings is 1. The number of aromatic nitrogens is 3. The monoisotopic (exact) mass is 439 g/mol. The van der Waals surface area contributed by atoms with E-state index in [4.69, 9.17) is 11.6 Å². The lowest BCUT2D eigenvalue weighted by Crippen LogP contribution is -2.48. The Balaban J connectivity index is 1.46. The number of anilines is 1. The maximum absolute atomic E-state index is 13.3. The second-order valence-corrected chi connectivity index (χ2v) is 9.37. The molecule has 0 spiro atoms.